The van der Waals surface area contributed by atoms with Crippen LogP contribution in [0.1, 0.15) is 47.9 Å². The van der Waals surface area contributed by atoms with Crippen LogP contribution in [-0.4, -0.2) is 36.6 Å². The van der Waals surface area contributed by atoms with Crippen molar-refractivity contribution in [3.05, 3.63) is 58.7 Å². The molecule has 27 heavy (non-hydrogen) atoms. The summed E-state index contributed by atoms with van der Waals surface area (Å²) < 4.78 is 11.3. The van der Waals surface area contributed by atoms with E-state index < -0.39 is 0 Å². The van der Waals surface area contributed by atoms with Gasteiger partial charge in [-0.25, -0.2) is 0 Å². The summed E-state index contributed by atoms with van der Waals surface area (Å²) in [5.74, 6) is 1.68. The van der Waals surface area contributed by atoms with Crippen molar-refractivity contribution in [3.8, 4) is 11.5 Å². The van der Waals surface area contributed by atoms with Crippen LogP contribution in [0.2, 0.25) is 0 Å². The number of ether oxygens (including phenoxy) is 2. The molecule has 3 rings (SSSR count). The molecule has 1 aliphatic carbocycles. The topological polar surface area (TPSA) is 58.9 Å². The third-order valence-electron chi connectivity index (χ3n) is 5.61. The molecule has 0 unspecified atom stereocenters. The van der Waals surface area contributed by atoms with Gasteiger partial charge >= 0.3 is 0 Å². The molecular formula is C23H30O4. The quantitative estimate of drug-likeness (QED) is 0.740. The normalized spacial score (nSPS) is 15.7. The maximum absolute atomic E-state index is 8.99. The van der Waals surface area contributed by atoms with Crippen LogP contribution in [0.25, 0.3) is 0 Å². The Hall–Kier alpha value is -2.04. The van der Waals surface area contributed by atoms with E-state index in [4.69, 9.17) is 19.7 Å². The summed E-state index contributed by atoms with van der Waals surface area (Å²) in [6.45, 7) is 4.82. The molecule has 2 aromatic carbocycles. The lowest BCUT2D eigenvalue weighted by Gasteiger charge is -2.32. The first-order valence-electron chi connectivity index (χ1n) is 9.80. The van der Waals surface area contributed by atoms with Gasteiger partial charge in [-0.05, 0) is 61.1 Å². The van der Waals surface area contributed by atoms with Gasteiger partial charge in [0.2, 0.25) is 0 Å². The lowest BCUT2D eigenvalue weighted by atomic mass is 9.72. The molecule has 0 radical (unpaired) electrons. The second-order valence-corrected chi connectivity index (χ2v) is 7.39. The molecule has 1 saturated carbocycles. The minimum Gasteiger partial charge on any atom is -0.491 e. The Bertz CT molecular complexity index is 703. The van der Waals surface area contributed by atoms with Crippen LogP contribution >= 0.6 is 0 Å². The van der Waals surface area contributed by atoms with Gasteiger partial charge in [-0.2, -0.15) is 0 Å². The molecule has 0 amide bonds. The van der Waals surface area contributed by atoms with Crippen LogP contribution in [0.15, 0.2) is 36.4 Å². The Labute approximate surface area is 161 Å². The van der Waals surface area contributed by atoms with Gasteiger partial charge < -0.3 is 19.7 Å². The minimum atomic E-state index is 0.0229. The molecule has 0 heterocycles. The van der Waals surface area contributed by atoms with E-state index in [1.807, 2.05) is 12.1 Å². The standard InChI is InChI=1S/C23H30O4/c1-17-15-19(5-7-21(17)26-13-11-24)23(9-3-4-10-23)20-6-8-22(18(2)16-20)27-14-12-25/h5-8,15-16,24-25H,3-4,9-14H2,1-2H3. The van der Waals surface area contributed by atoms with Crippen molar-refractivity contribution in [3.63, 3.8) is 0 Å². The highest BCUT2D eigenvalue weighted by Crippen LogP contribution is 2.47. The fraction of sp³-hybridized carbons (Fsp3) is 0.478. The summed E-state index contributed by atoms with van der Waals surface area (Å²) >= 11 is 0. The van der Waals surface area contributed by atoms with E-state index in [0.29, 0.717) is 13.2 Å². The zero-order valence-corrected chi connectivity index (χ0v) is 16.3. The average Bonchev–Trinajstić information content (AvgIpc) is 3.17. The third-order valence-corrected chi connectivity index (χ3v) is 5.61. The zero-order valence-electron chi connectivity index (χ0n) is 16.3. The minimum absolute atomic E-state index is 0.0229. The Morgan fingerprint density at radius 2 is 1.22 bits per heavy atom. The van der Waals surface area contributed by atoms with E-state index in [1.54, 1.807) is 0 Å². The van der Waals surface area contributed by atoms with Crippen molar-refractivity contribution in [1.82, 2.24) is 0 Å². The summed E-state index contributed by atoms with van der Waals surface area (Å²) in [6.07, 6.45) is 4.73. The number of aliphatic hydroxyl groups excluding tert-OH is 2. The lowest BCUT2D eigenvalue weighted by molar-refractivity contribution is 0.200. The Kier molecular flexibility index (Phi) is 6.40. The molecule has 0 aliphatic heterocycles. The van der Waals surface area contributed by atoms with Gasteiger partial charge in [0, 0.05) is 5.41 Å². The van der Waals surface area contributed by atoms with Crippen molar-refractivity contribution >= 4 is 0 Å². The predicted molar refractivity (Wildman–Crippen MR) is 107 cm³/mol. The first kappa shape index (κ1) is 19.7. The van der Waals surface area contributed by atoms with E-state index >= 15 is 0 Å². The average molecular weight is 370 g/mol. The fourth-order valence-corrected chi connectivity index (χ4v) is 4.25. The van der Waals surface area contributed by atoms with Crippen LogP contribution in [0.4, 0.5) is 0 Å². The van der Waals surface area contributed by atoms with Gasteiger partial charge in [-0.15, -0.1) is 0 Å². The second kappa shape index (κ2) is 8.77. The monoisotopic (exact) mass is 370 g/mol. The molecule has 0 bridgehead atoms. The molecular weight excluding hydrogens is 340 g/mol. The molecule has 0 spiro atoms. The molecule has 2 aromatic rings. The van der Waals surface area contributed by atoms with Gasteiger partial charge in [0.15, 0.2) is 0 Å². The van der Waals surface area contributed by atoms with Crippen LogP contribution < -0.4 is 9.47 Å². The van der Waals surface area contributed by atoms with Crippen LogP contribution in [0.3, 0.4) is 0 Å². The van der Waals surface area contributed by atoms with Crippen LogP contribution in [-0.2, 0) is 5.41 Å². The van der Waals surface area contributed by atoms with Gasteiger partial charge in [0.25, 0.3) is 0 Å². The molecule has 146 valence electrons. The first-order chi connectivity index (χ1) is 13.1. The SMILES string of the molecule is Cc1cc(C2(c3ccc(OCCO)c(C)c3)CCCC2)ccc1OCCO. The molecule has 0 saturated heterocycles. The van der Waals surface area contributed by atoms with Crippen molar-refractivity contribution in [2.45, 2.75) is 44.9 Å². The molecule has 4 heteroatoms. The van der Waals surface area contributed by atoms with Gasteiger partial charge in [0.05, 0.1) is 13.2 Å². The van der Waals surface area contributed by atoms with Crippen LogP contribution in [0.5, 0.6) is 11.5 Å². The van der Waals surface area contributed by atoms with Crippen LogP contribution in [0, 0.1) is 13.8 Å². The zero-order chi connectivity index (χ0) is 19.3. The Morgan fingerprint density at radius 1 is 0.778 bits per heavy atom. The Morgan fingerprint density at radius 3 is 1.59 bits per heavy atom. The summed E-state index contributed by atoms with van der Waals surface area (Å²) in [4.78, 5) is 0. The van der Waals surface area contributed by atoms with Gasteiger partial charge in [0.1, 0.15) is 24.7 Å². The number of hydrogen-bond donors (Lipinski definition) is 2. The largest absolute Gasteiger partial charge is 0.491 e. The Balaban J connectivity index is 1.94. The number of rotatable bonds is 8. The van der Waals surface area contributed by atoms with Gasteiger partial charge in [-0.1, -0.05) is 37.1 Å². The third kappa shape index (κ3) is 4.12. The lowest BCUT2D eigenvalue weighted by Crippen LogP contribution is -2.24. The van der Waals surface area contributed by atoms with Gasteiger partial charge in [-0.3, -0.25) is 0 Å². The molecule has 0 atom stereocenters. The summed E-state index contributed by atoms with van der Waals surface area (Å²) in [5, 5.41) is 18.0. The first-order valence-corrected chi connectivity index (χ1v) is 9.80. The van der Waals surface area contributed by atoms with E-state index in [-0.39, 0.29) is 18.6 Å². The van der Waals surface area contributed by atoms with E-state index in [2.05, 4.69) is 38.1 Å². The molecule has 1 fully saturated rings. The molecule has 2 N–H and O–H groups in total. The van der Waals surface area contributed by atoms with Crippen molar-refractivity contribution < 1.29 is 19.7 Å². The summed E-state index contributed by atoms with van der Waals surface area (Å²) in [7, 11) is 0. The van der Waals surface area contributed by atoms with E-state index in [0.717, 1.165) is 35.5 Å². The van der Waals surface area contributed by atoms with Crippen molar-refractivity contribution in [2.24, 2.45) is 0 Å². The molecule has 1 aliphatic rings. The predicted octanol–water partition coefficient (Wildman–Crippen LogP) is 3.91. The fourth-order valence-electron chi connectivity index (χ4n) is 4.25. The number of hydrogen-bond acceptors (Lipinski definition) is 4. The highest BCUT2D eigenvalue weighted by Gasteiger charge is 2.37. The highest BCUT2D eigenvalue weighted by atomic mass is 16.5. The number of benzene rings is 2. The molecule has 0 aromatic heterocycles. The van der Waals surface area contributed by atoms with E-state index in [9.17, 15) is 0 Å². The van der Waals surface area contributed by atoms with Crippen molar-refractivity contribution in [1.29, 1.82) is 0 Å². The van der Waals surface area contributed by atoms with E-state index in [1.165, 1.54) is 24.0 Å². The maximum atomic E-state index is 8.99. The highest BCUT2D eigenvalue weighted by molar-refractivity contribution is 5.48. The number of aliphatic hydroxyl groups is 2. The van der Waals surface area contributed by atoms with Crippen molar-refractivity contribution in [2.75, 3.05) is 26.4 Å². The smallest absolute Gasteiger partial charge is 0.122 e. The summed E-state index contributed by atoms with van der Waals surface area (Å²) in [5.41, 5.74) is 4.90. The second-order valence-electron chi connectivity index (χ2n) is 7.39. The molecule has 4 nitrogen and oxygen atoms in total. The number of aryl methyl sites for hydroxylation is 2. The summed E-state index contributed by atoms with van der Waals surface area (Å²) in [6, 6.07) is 12.9. The maximum Gasteiger partial charge on any atom is 0.122 e.